The molecule has 0 saturated carbocycles. The van der Waals surface area contributed by atoms with E-state index in [9.17, 15) is 33.9 Å². The second-order valence-corrected chi connectivity index (χ2v) is 20.8. The number of hydrogen-bond donors (Lipinski definition) is 8. The molecule has 28 nitrogen and oxygen atoms in total. The van der Waals surface area contributed by atoms with Crippen molar-refractivity contribution in [1.29, 1.82) is 0 Å². The maximum absolute atomic E-state index is 12.2. The minimum Gasteiger partial charge on any atom is -0.497 e. The van der Waals surface area contributed by atoms with Gasteiger partial charge < -0.3 is 65.9 Å². The molecule has 0 fully saturated rings. The van der Waals surface area contributed by atoms with Crippen molar-refractivity contribution in [1.82, 2.24) is 45.4 Å². The Kier molecular flexibility index (Phi) is 24.0. The number of esters is 1. The van der Waals surface area contributed by atoms with E-state index in [-0.39, 0.29) is 47.9 Å². The zero-order valence-electron chi connectivity index (χ0n) is 51.0. The van der Waals surface area contributed by atoms with Gasteiger partial charge in [-0.25, -0.2) is 28.8 Å². The summed E-state index contributed by atoms with van der Waals surface area (Å²) < 4.78 is 36.4. The van der Waals surface area contributed by atoms with E-state index in [4.69, 9.17) is 60.8 Å². The van der Waals surface area contributed by atoms with Gasteiger partial charge in [-0.15, -0.1) is 10.2 Å². The highest BCUT2D eigenvalue weighted by Gasteiger charge is 2.25. The number of rotatable bonds is 22. The number of primary amides is 3. The highest BCUT2D eigenvalue weighted by Crippen LogP contribution is 2.31. The van der Waals surface area contributed by atoms with Crippen molar-refractivity contribution in [3.05, 3.63) is 243 Å². The first-order valence-corrected chi connectivity index (χ1v) is 29.2. The lowest BCUT2D eigenvalue weighted by Gasteiger charge is -2.10. The van der Waals surface area contributed by atoms with Crippen LogP contribution in [0.1, 0.15) is 80.6 Å². The third-order valence-corrected chi connectivity index (χ3v) is 14.0. The van der Waals surface area contributed by atoms with Crippen LogP contribution in [0.3, 0.4) is 0 Å². The molecule has 3 heterocycles. The molecule has 0 aliphatic rings. The summed E-state index contributed by atoms with van der Waals surface area (Å²) in [4.78, 5) is 67.7. The number of benzene rings is 8. The molecule has 0 atom stereocenters. The van der Waals surface area contributed by atoms with Crippen molar-refractivity contribution in [3.63, 3.8) is 0 Å². The second kappa shape index (κ2) is 33.2. The van der Waals surface area contributed by atoms with Gasteiger partial charge in [-0.05, 0) is 155 Å². The normalized spacial score (nSPS) is 10.4. The van der Waals surface area contributed by atoms with E-state index >= 15 is 0 Å². The topological polar surface area (TPSA) is 420 Å². The SMILES string of the molecule is CCOC(=O)c1nnn(Cc2ccc(OC)cc2)c1Oc1ccc(Br)cc1.COc1ccc(Cn2nnc(C(=O)O)c2Oc2ccc(-c3ccc(C(N)=O)cc3)cc2)cc1.NC(=O)c1ccc(-c2ccc(Oc3nn[nH]c3C(=O)O)cc2)cc1.NC(=O)c1ccc(B(O)O)cc1. The van der Waals surface area contributed by atoms with Gasteiger partial charge in [0.2, 0.25) is 34.8 Å². The lowest BCUT2D eigenvalue weighted by atomic mass is 9.80. The average Bonchev–Trinajstić information content (AvgIpc) is 1.43. The zero-order valence-corrected chi connectivity index (χ0v) is 52.6. The van der Waals surface area contributed by atoms with Gasteiger partial charge in [-0.3, -0.25) is 14.4 Å². The molecule has 3 amide bonds. The number of carbonyl (C=O) groups is 6. The summed E-state index contributed by atoms with van der Waals surface area (Å²) in [6.45, 7) is 2.61. The summed E-state index contributed by atoms with van der Waals surface area (Å²) in [6.07, 6.45) is 0. The van der Waals surface area contributed by atoms with Crippen molar-refractivity contribution < 1.29 is 77.4 Å². The van der Waals surface area contributed by atoms with E-state index < -0.39 is 42.7 Å². The number of nitrogens with zero attached hydrogens (tertiary/aromatic N) is 8. The number of aromatic carboxylic acids is 2. The molecule has 0 aliphatic carbocycles. The molecule has 11 aromatic rings. The lowest BCUT2D eigenvalue weighted by molar-refractivity contribution is 0.0514. The maximum Gasteiger partial charge on any atom is 0.488 e. The molecule has 0 spiro atoms. The van der Waals surface area contributed by atoms with Crippen LogP contribution in [-0.4, -0.2) is 129 Å². The van der Waals surface area contributed by atoms with Crippen molar-refractivity contribution in [2.45, 2.75) is 20.0 Å². The summed E-state index contributed by atoms with van der Waals surface area (Å²) in [7, 11) is 1.69. The number of nitrogens with two attached hydrogens (primary N) is 3. The molecule has 488 valence electrons. The molecule has 0 radical (unpaired) electrons. The Labute approximate surface area is 554 Å². The standard InChI is InChI=1S/C24H20N4O5.C19H18BrN3O4.C16H12N4O4.C7H8BNO3/c1-32-19-10-2-15(3-11-19)14-28-23(21(24(30)31)26-27-28)33-20-12-8-17(9-13-20)16-4-6-18(7-5-16)22(25)29;1-3-26-19(24)17-18(27-16-10-6-14(20)7-11-16)23(22-21-17)12-13-4-8-15(25-2)9-5-13;17-14(21)11-3-1-9(2-4-11)10-5-7-12(8-6-10)24-15-13(16(22)23)18-20-19-15;9-7(10)5-1-3-6(4-2-5)8(11)12/h2-13H,14H2,1H3,(H2,25,29)(H,30,31);4-11H,3,12H2,1-2H3;1-8H,(H2,17,21)(H,22,23)(H,18,19,20);1-4,11-12H,(H2,9,10). The zero-order chi connectivity index (χ0) is 68.8. The fourth-order valence-corrected chi connectivity index (χ4v) is 8.72. The summed E-state index contributed by atoms with van der Waals surface area (Å²) >= 11 is 3.38. The monoisotopic (exact) mass is 1360 g/mol. The lowest BCUT2D eigenvalue weighted by Crippen LogP contribution is -2.29. The van der Waals surface area contributed by atoms with Gasteiger partial charge >= 0.3 is 25.0 Å². The van der Waals surface area contributed by atoms with Crippen LogP contribution < -0.4 is 46.3 Å². The molecular formula is C66H58BBrN12O16. The molecule has 96 heavy (non-hydrogen) atoms. The van der Waals surface area contributed by atoms with Gasteiger partial charge in [0.25, 0.3) is 17.6 Å². The molecule has 0 aliphatic heterocycles. The van der Waals surface area contributed by atoms with Crippen LogP contribution in [-0.2, 0) is 17.8 Å². The predicted molar refractivity (Wildman–Crippen MR) is 350 cm³/mol. The van der Waals surface area contributed by atoms with E-state index in [0.29, 0.717) is 51.7 Å². The number of carbonyl (C=O) groups excluding carboxylic acids is 4. The highest BCUT2D eigenvalue weighted by molar-refractivity contribution is 9.10. The van der Waals surface area contributed by atoms with E-state index in [1.165, 1.54) is 33.6 Å². The molecule has 30 heteroatoms. The number of ether oxygens (including phenoxy) is 6. The number of aromatic nitrogens is 9. The quantitative estimate of drug-likeness (QED) is 0.0234. The highest BCUT2D eigenvalue weighted by atomic mass is 79.9. The summed E-state index contributed by atoms with van der Waals surface area (Å²) in [5.74, 6) is -1.51. The van der Waals surface area contributed by atoms with Gasteiger partial charge in [0.1, 0.15) is 28.7 Å². The number of nitrogens with one attached hydrogen (secondary N) is 1. The Balaban J connectivity index is 0.000000171. The first kappa shape index (κ1) is 69.4. The fraction of sp³-hybridized carbons (Fsp3) is 0.0909. The van der Waals surface area contributed by atoms with Crippen molar-refractivity contribution in [2.24, 2.45) is 17.2 Å². The minimum atomic E-state index is -1.51. The average molecular weight is 1370 g/mol. The number of hydrogen-bond acceptors (Lipinski definition) is 20. The number of carboxylic acids is 2. The molecule has 0 unspecified atom stereocenters. The summed E-state index contributed by atoms with van der Waals surface area (Å²) in [6, 6.07) is 55.7. The Morgan fingerprint density at radius 3 is 1.22 bits per heavy atom. The van der Waals surface area contributed by atoms with Gasteiger partial charge in [0.05, 0.1) is 33.9 Å². The van der Waals surface area contributed by atoms with Crippen LogP contribution in [0.4, 0.5) is 0 Å². The van der Waals surface area contributed by atoms with Crippen LogP contribution in [0.5, 0.6) is 46.4 Å². The third-order valence-electron chi connectivity index (χ3n) is 13.4. The van der Waals surface area contributed by atoms with Crippen LogP contribution in [0.2, 0.25) is 0 Å². The first-order chi connectivity index (χ1) is 46.2. The molecule has 3 aromatic heterocycles. The Morgan fingerprint density at radius 1 is 0.479 bits per heavy atom. The van der Waals surface area contributed by atoms with Crippen molar-refractivity contribution in [2.75, 3.05) is 20.8 Å². The molecular weight excluding hydrogens is 1310 g/mol. The van der Waals surface area contributed by atoms with Gasteiger partial charge in [0, 0.05) is 21.2 Å². The number of halogens is 1. The third kappa shape index (κ3) is 19.0. The predicted octanol–water partition coefficient (Wildman–Crippen LogP) is 8.18. The number of H-pyrrole nitrogens is 1. The Hall–Kier alpha value is -12.5. The molecule has 11 rings (SSSR count). The van der Waals surface area contributed by atoms with Crippen molar-refractivity contribution in [3.8, 4) is 68.6 Å². The number of aromatic amines is 1. The van der Waals surface area contributed by atoms with E-state index in [2.05, 4.69) is 52.0 Å². The summed E-state index contributed by atoms with van der Waals surface area (Å²) in [5, 5.41) is 60.8. The number of carboxylic acid groups (broad SMARTS) is 2. The molecule has 0 bridgehead atoms. The minimum absolute atomic E-state index is 0.0249. The second-order valence-electron chi connectivity index (χ2n) is 19.9. The maximum atomic E-state index is 12.2. The summed E-state index contributed by atoms with van der Waals surface area (Å²) in [5.41, 5.74) is 22.0. The van der Waals surface area contributed by atoms with Gasteiger partial charge in [-0.1, -0.05) is 122 Å². The number of methoxy groups -OCH3 is 2. The first-order valence-electron chi connectivity index (χ1n) is 28.4. The van der Waals surface area contributed by atoms with Crippen LogP contribution >= 0.6 is 15.9 Å². The van der Waals surface area contributed by atoms with E-state index in [0.717, 1.165) is 43.6 Å². The Morgan fingerprint density at radius 2 is 0.844 bits per heavy atom. The molecule has 0 saturated heterocycles. The van der Waals surface area contributed by atoms with E-state index in [1.807, 2.05) is 60.7 Å². The largest absolute Gasteiger partial charge is 0.497 e. The fourth-order valence-electron chi connectivity index (χ4n) is 8.46. The van der Waals surface area contributed by atoms with Crippen LogP contribution in [0.15, 0.2) is 199 Å². The van der Waals surface area contributed by atoms with Crippen LogP contribution in [0, 0.1) is 0 Å². The number of amides is 3. The van der Waals surface area contributed by atoms with Gasteiger partial charge in [0.15, 0.2) is 0 Å². The molecule has 8 aromatic carbocycles. The van der Waals surface area contributed by atoms with Crippen LogP contribution in [0.25, 0.3) is 22.3 Å². The van der Waals surface area contributed by atoms with Crippen molar-refractivity contribution >= 4 is 64.1 Å². The van der Waals surface area contributed by atoms with Gasteiger partial charge in [-0.2, -0.15) is 0 Å². The Bertz CT molecular complexity index is 4440. The van der Waals surface area contributed by atoms with E-state index in [1.54, 1.807) is 130 Å². The molecule has 11 N–H and O–H groups in total. The smallest absolute Gasteiger partial charge is 0.488 e.